The minimum absolute atomic E-state index is 0. The first-order valence-electron chi connectivity index (χ1n) is 22.2. The Kier molecular flexibility index (Phi) is 12.4. The number of hydrogen-bond donors (Lipinski definition) is 0. The summed E-state index contributed by atoms with van der Waals surface area (Å²) in [5, 5.41) is 2.22. The standard InChI is InChI=1S/C59H53N4O.CH3.Pt/c1-57(2,3)43-26-29-53-55(35-43)61(46-23-17-22-45(34-46)59(7,8)42-20-13-10-14-21-42)39-62(53)47-32-41(40-18-11-9-12-19-40)33-49(37-47)64-48-27-28-51-50-24-15-16-25-52(50)63(54(51)38-48)56-36-44(30-31-60-56)58(4,5)6;;/h9-36,39H,1-8H3;1H3;/q-3;-1;+4. The van der Waals surface area contributed by atoms with Crippen molar-refractivity contribution in [2.45, 2.75) is 71.6 Å². The molecule has 0 radical (unpaired) electrons. The van der Waals surface area contributed by atoms with E-state index in [0.29, 0.717) is 11.5 Å². The van der Waals surface area contributed by atoms with Crippen molar-refractivity contribution < 1.29 is 25.8 Å². The van der Waals surface area contributed by atoms with Crippen LogP contribution in [0.5, 0.6) is 11.5 Å². The third-order valence-corrected chi connectivity index (χ3v) is 12.7. The van der Waals surface area contributed by atoms with Crippen molar-refractivity contribution in [2.24, 2.45) is 0 Å². The second kappa shape index (κ2) is 17.8. The number of nitrogens with zero attached hydrogens (tertiary/aromatic N) is 4. The van der Waals surface area contributed by atoms with E-state index in [4.69, 9.17) is 9.72 Å². The maximum Gasteiger partial charge on any atom is 4.00 e. The minimum Gasteiger partial charge on any atom is -0.509 e. The first-order chi connectivity index (χ1) is 30.7. The van der Waals surface area contributed by atoms with Crippen LogP contribution in [0.25, 0.3) is 38.8 Å². The molecule has 0 amide bonds. The topological polar surface area (TPSA) is 33.5 Å². The number of anilines is 4. The van der Waals surface area contributed by atoms with Gasteiger partial charge in [-0.1, -0.05) is 158 Å². The summed E-state index contributed by atoms with van der Waals surface area (Å²) in [4.78, 5) is 9.45. The third-order valence-electron chi connectivity index (χ3n) is 12.7. The van der Waals surface area contributed by atoms with Gasteiger partial charge in [0.05, 0.1) is 0 Å². The van der Waals surface area contributed by atoms with Gasteiger partial charge in [0.15, 0.2) is 0 Å². The van der Waals surface area contributed by atoms with Gasteiger partial charge in [0, 0.05) is 45.7 Å². The summed E-state index contributed by atoms with van der Waals surface area (Å²) < 4.78 is 9.08. The van der Waals surface area contributed by atoms with Gasteiger partial charge in [0.2, 0.25) is 0 Å². The van der Waals surface area contributed by atoms with E-state index < -0.39 is 0 Å². The summed E-state index contributed by atoms with van der Waals surface area (Å²) >= 11 is 0. The molecular weight excluding hydrogens is 988 g/mol. The van der Waals surface area contributed by atoms with E-state index in [0.717, 1.165) is 61.5 Å². The number of pyridine rings is 1. The zero-order valence-electron chi connectivity index (χ0n) is 39.3. The zero-order chi connectivity index (χ0) is 44.4. The SMILES string of the molecule is CC(C)(C)c1ccnc(-n2c3[c-]c(Oc4[c-]c(N5[CH-]N(c6cccc(C(C)(C)c7ccccc7)c6)c6cc(C(C)(C)C)ccc65)cc(-c5ccccc5)c4)ccc3c3ccccc32)c1.[CH3-].[Pt+4]. The normalized spacial score (nSPS) is 12.8. The number of aromatic nitrogens is 2. The summed E-state index contributed by atoms with van der Waals surface area (Å²) in [5.74, 6) is 2.04. The average Bonchev–Trinajstić information content (AvgIpc) is 3.85. The molecule has 0 unspecified atom stereocenters. The molecular formula is C60H56N4OPt. The van der Waals surface area contributed by atoms with Crippen LogP contribution in [0, 0.1) is 26.2 Å². The summed E-state index contributed by atoms with van der Waals surface area (Å²) in [6.45, 7) is 20.3. The predicted molar refractivity (Wildman–Crippen MR) is 272 cm³/mol. The van der Waals surface area contributed by atoms with Crippen LogP contribution in [0.1, 0.15) is 77.6 Å². The Balaban J connectivity index is 0.00000296. The molecule has 0 saturated carbocycles. The quantitative estimate of drug-likeness (QED) is 0.142. The molecule has 0 fully saturated rings. The molecule has 3 heterocycles. The van der Waals surface area contributed by atoms with Crippen LogP contribution in [-0.2, 0) is 37.3 Å². The maximum atomic E-state index is 6.87. The number of rotatable bonds is 8. The van der Waals surface area contributed by atoms with Gasteiger partial charge in [-0.05, 0) is 86.5 Å². The van der Waals surface area contributed by atoms with Crippen LogP contribution < -0.4 is 14.5 Å². The van der Waals surface area contributed by atoms with Gasteiger partial charge >= 0.3 is 21.1 Å². The third kappa shape index (κ3) is 8.58. The predicted octanol–water partition coefficient (Wildman–Crippen LogP) is 16.0. The number of benzene rings is 7. The second-order valence-corrected chi connectivity index (χ2v) is 19.5. The smallest absolute Gasteiger partial charge is 0.509 e. The van der Waals surface area contributed by atoms with Crippen molar-refractivity contribution in [3.63, 3.8) is 0 Å². The average molecular weight is 1040 g/mol. The van der Waals surface area contributed by atoms with Crippen molar-refractivity contribution in [2.75, 3.05) is 9.80 Å². The van der Waals surface area contributed by atoms with Gasteiger partial charge in [-0.2, -0.15) is 6.07 Å². The fourth-order valence-electron chi connectivity index (χ4n) is 8.90. The zero-order valence-corrected chi connectivity index (χ0v) is 41.5. The number of para-hydroxylation sites is 1. The molecule has 0 N–H and O–H groups in total. The Morgan fingerprint density at radius 2 is 1.20 bits per heavy atom. The molecule has 1 aliphatic heterocycles. The van der Waals surface area contributed by atoms with Crippen LogP contribution in [-0.4, -0.2) is 9.55 Å². The summed E-state index contributed by atoms with van der Waals surface area (Å²) in [5.41, 5.74) is 12.9. The number of fused-ring (bicyclic) bond motifs is 4. The van der Waals surface area contributed by atoms with Crippen LogP contribution in [0.2, 0.25) is 0 Å². The number of hydrogen-bond acceptors (Lipinski definition) is 4. The first-order valence-corrected chi connectivity index (χ1v) is 22.2. The van der Waals surface area contributed by atoms with Gasteiger partial charge in [-0.25, -0.2) is 4.98 Å². The van der Waals surface area contributed by atoms with Crippen molar-refractivity contribution in [3.8, 4) is 28.4 Å². The molecule has 0 bridgehead atoms. The molecule has 0 aliphatic carbocycles. The molecule has 10 rings (SSSR count). The molecule has 6 heteroatoms. The fraction of sp³-hybridized carbons (Fsp3) is 0.183. The monoisotopic (exact) mass is 1040 g/mol. The Labute approximate surface area is 406 Å². The van der Waals surface area contributed by atoms with Crippen molar-refractivity contribution in [1.82, 2.24) is 9.55 Å². The van der Waals surface area contributed by atoms with Crippen LogP contribution in [0.4, 0.5) is 22.7 Å². The van der Waals surface area contributed by atoms with E-state index >= 15 is 0 Å². The molecule has 0 spiro atoms. The Hall–Kier alpha value is -6.42. The summed E-state index contributed by atoms with van der Waals surface area (Å²) in [6.07, 6.45) is 1.91. The molecule has 66 heavy (non-hydrogen) atoms. The molecule has 2 aromatic heterocycles. The van der Waals surface area contributed by atoms with E-state index in [-0.39, 0.29) is 44.7 Å². The van der Waals surface area contributed by atoms with Gasteiger partial charge in [0.1, 0.15) is 5.82 Å². The van der Waals surface area contributed by atoms with E-state index in [2.05, 4.69) is 246 Å². The van der Waals surface area contributed by atoms with E-state index in [1.807, 2.05) is 12.3 Å². The fourth-order valence-corrected chi connectivity index (χ4v) is 8.90. The van der Waals surface area contributed by atoms with E-state index in [9.17, 15) is 0 Å². The molecule has 9 aromatic rings. The van der Waals surface area contributed by atoms with Gasteiger partial charge < -0.3 is 26.5 Å². The van der Waals surface area contributed by atoms with Crippen LogP contribution >= 0.6 is 0 Å². The molecule has 1 aliphatic rings. The van der Waals surface area contributed by atoms with Crippen LogP contribution in [0.3, 0.4) is 0 Å². The number of ether oxygens (including phenoxy) is 1. The Morgan fingerprint density at radius 1 is 0.515 bits per heavy atom. The van der Waals surface area contributed by atoms with Crippen molar-refractivity contribution >= 4 is 44.6 Å². The van der Waals surface area contributed by atoms with E-state index in [1.165, 1.54) is 22.3 Å². The molecule has 332 valence electrons. The van der Waals surface area contributed by atoms with Crippen LogP contribution in [0.15, 0.2) is 170 Å². The van der Waals surface area contributed by atoms with E-state index in [1.54, 1.807) is 0 Å². The Bertz CT molecular complexity index is 3180. The largest absolute Gasteiger partial charge is 4.00 e. The maximum absolute atomic E-state index is 6.87. The minimum atomic E-state index is -0.196. The second-order valence-electron chi connectivity index (χ2n) is 19.5. The molecule has 5 nitrogen and oxygen atoms in total. The summed E-state index contributed by atoms with van der Waals surface area (Å²) in [7, 11) is 0. The van der Waals surface area contributed by atoms with Gasteiger partial charge in [-0.3, -0.25) is 0 Å². The molecule has 7 aromatic carbocycles. The molecule has 0 atom stereocenters. The first kappa shape index (κ1) is 46.1. The summed E-state index contributed by atoms with van der Waals surface area (Å²) in [6, 6.07) is 65.6. The van der Waals surface area contributed by atoms with Gasteiger partial charge in [0.25, 0.3) is 0 Å². The Morgan fingerprint density at radius 3 is 1.94 bits per heavy atom. The van der Waals surface area contributed by atoms with Gasteiger partial charge in [-0.15, -0.1) is 53.6 Å². The van der Waals surface area contributed by atoms with Crippen molar-refractivity contribution in [1.29, 1.82) is 0 Å². The van der Waals surface area contributed by atoms with Crippen molar-refractivity contribution in [3.05, 3.63) is 218 Å². The molecule has 0 saturated heterocycles.